The first-order chi connectivity index (χ1) is 11.3. The lowest BCUT2D eigenvalue weighted by molar-refractivity contribution is -0.130. The van der Waals surface area contributed by atoms with Crippen LogP contribution in [0.4, 0.5) is 13.2 Å². The number of rotatable bonds is 4. The summed E-state index contributed by atoms with van der Waals surface area (Å²) in [5.74, 6) is -1.28. The van der Waals surface area contributed by atoms with Crippen LogP contribution in [0.5, 0.6) is 0 Å². The summed E-state index contributed by atoms with van der Waals surface area (Å²) in [7, 11) is 0. The Bertz CT molecular complexity index is 582. The van der Waals surface area contributed by atoms with Crippen LogP contribution in [-0.4, -0.2) is 59.1 Å². The molecule has 2 amide bonds. The average molecular weight is 360 g/mol. The van der Waals surface area contributed by atoms with E-state index in [0.717, 1.165) is 12.0 Å². The highest BCUT2D eigenvalue weighted by atomic mass is 32.2. The van der Waals surface area contributed by atoms with Crippen LogP contribution in [0.15, 0.2) is 24.3 Å². The molecule has 1 aromatic rings. The van der Waals surface area contributed by atoms with Crippen molar-refractivity contribution in [2.24, 2.45) is 0 Å². The normalized spacial score (nSPS) is 15.5. The van der Waals surface area contributed by atoms with Gasteiger partial charge in [-0.1, -0.05) is 19.1 Å². The highest BCUT2D eigenvalue weighted by Crippen LogP contribution is 2.30. The van der Waals surface area contributed by atoms with E-state index in [1.54, 1.807) is 17.0 Å². The summed E-state index contributed by atoms with van der Waals surface area (Å²) in [6, 6.07) is 7.36. The molecule has 24 heavy (non-hydrogen) atoms. The van der Waals surface area contributed by atoms with Gasteiger partial charge in [0.15, 0.2) is 0 Å². The molecule has 1 aliphatic heterocycles. The first-order valence-corrected chi connectivity index (χ1v) is 8.65. The fourth-order valence-electron chi connectivity index (χ4n) is 2.46. The predicted octanol–water partition coefficient (Wildman–Crippen LogP) is 2.79. The lowest BCUT2D eigenvalue weighted by atomic mass is 10.1. The van der Waals surface area contributed by atoms with Gasteiger partial charge in [-0.15, -0.1) is 0 Å². The lowest BCUT2D eigenvalue weighted by Crippen LogP contribution is -2.51. The number of aryl methyl sites for hydroxylation is 1. The summed E-state index contributed by atoms with van der Waals surface area (Å²) in [5, 5.41) is 0. The molecule has 0 saturated carbocycles. The Hall–Kier alpha value is -1.70. The Labute approximate surface area is 143 Å². The fourth-order valence-corrected chi connectivity index (χ4v) is 2.93. The maximum absolute atomic E-state index is 12.4. The Balaban J connectivity index is 1.85. The molecule has 2 rings (SSSR count). The van der Waals surface area contributed by atoms with Crippen LogP contribution >= 0.6 is 11.8 Å². The van der Waals surface area contributed by atoms with Gasteiger partial charge in [0.1, 0.15) is 0 Å². The second-order valence-electron chi connectivity index (χ2n) is 5.46. The quantitative estimate of drug-likeness (QED) is 0.829. The van der Waals surface area contributed by atoms with Crippen molar-refractivity contribution in [3.05, 3.63) is 35.4 Å². The van der Waals surface area contributed by atoms with Gasteiger partial charge in [-0.05, 0) is 35.9 Å². The largest absolute Gasteiger partial charge is 0.442 e. The summed E-state index contributed by atoms with van der Waals surface area (Å²) in [6.07, 6.45) is 0.894. The van der Waals surface area contributed by atoms with Crippen molar-refractivity contribution in [3.8, 4) is 0 Å². The van der Waals surface area contributed by atoms with Gasteiger partial charge >= 0.3 is 5.51 Å². The number of thioether (sulfide) groups is 1. The van der Waals surface area contributed by atoms with Crippen molar-refractivity contribution < 1.29 is 22.8 Å². The van der Waals surface area contributed by atoms with Gasteiger partial charge in [-0.25, -0.2) is 0 Å². The van der Waals surface area contributed by atoms with Gasteiger partial charge in [0.05, 0.1) is 5.75 Å². The molecule has 1 saturated heterocycles. The SMILES string of the molecule is CCc1ccc(C(=O)N2CCN(C(=O)CSC(F)(F)F)CC2)cc1. The van der Waals surface area contributed by atoms with E-state index in [2.05, 4.69) is 0 Å². The molecule has 0 atom stereocenters. The van der Waals surface area contributed by atoms with Crippen molar-refractivity contribution >= 4 is 23.6 Å². The van der Waals surface area contributed by atoms with Gasteiger partial charge in [-0.2, -0.15) is 13.2 Å². The zero-order valence-corrected chi connectivity index (χ0v) is 14.1. The fraction of sp³-hybridized carbons (Fsp3) is 0.500. The molecule has 0 spiro atoms. The number of hydrogen-bond donors (Lipinski definition) is 0. The molecule has 0 radical (unpaired) electrons. The van der Waals surface area contributed by atoms with Gasteiger partial charge in [0, 0.05) is 31.7 Å². The van der Waals surface area contributed by atoms with Crippen molar-refractivity contribution in [3.63, 3.8) is 0 Å². The molecular formula is C16H19F3N2O2S. The predicted molar refractivity (Wildman–Crippen MR) is 86.8 cm³/mol. The van der Waals surface area contributed by atoms with Crippen LogP contribution in [0.1, 0.15) is 22.8 Å². The van der Waals surface area contributed by atoms with E-state index in [1.807, 2.05) is 19.1 Å². The van der Waals surface area contributed by atoms with E-state index >= 15 is 0 Å². The van der Waals surface area contributed by atoms with E-state index in [9.17, 15) is 22.8 Å². The number of halogens is 3. The number of amides is 2. The summed E-state index contributed by atoms with van der Waals surface area (Å²) in [5.41, 5.74) is -2.68. The Morgan fingerprint density at radius 3 is 2.08 bits per heavy atom. The van der Waals surface area contributed by atoms with E-state index in [4.69, 9.17) is 0 Å². The molecule has 1 fully saturated rings. The monoisotopic (exact) mass is 360 g/mol. The van der Waals surface area contributed by atoms with Gasteiger partial charge in [0.25, 0.3) is 5.91 Å². The smallest absolute Gasteiger partial charge is 0.338 e. The molecular weight excluding hydrogens is 341 g/mol. The number of carbonyl (C=O) groups is 2. The zero-order chi connectivity index (χ0) is 17.7. The highest BCUT2D eigenvalue weighted by molar-refractivity contribution is 8.00. The number of hydrogen-bond acceptors (Lipinski definition) is 3. The molecule has 0 N–H and O–H groups in total. The van der Waals surface area contributed by atoms with E-state index < -0.39 is 17.2 Å². The zero-order valence-electron chi connectivity index (χ0n) is 13.3. The molecule has 1 aromatic carbocycles. The third kappa shape index (κ3) is 5.15. The Kier molecular flexibility index (Phi) is 6.15. The van der Waals surface area contributed by atoms with Crippen molar-refractivity contribution in [2.75, 3.05) is 31.9 Å². The van der Waals surface area contributed by atoms with E-state index in [0.29, 0.717) is 18.7 Å². The van der Waals surface area contributed by atoms with Crippen LogP contribution < -0.4 is 0 Å². The van der Waals surface area contributed by atoms with Crippen molar-refractivity contribution in [1.82, 2.24) is 9.80 Å². The second kappa shape index (κ2) is 7.92. The van der Waals surface area contributed by atoms with Crippen LogP contribution in [-0.2, 0) is 11.2 Å². The second-order valence-corrected chi connectivity index (χ2v) is 6.50. The third-order valence-corrected chi connectivity index (χ3v) is 4.61. The molecule has 0 bridgehead atoms. The minimum absolute atomic E-state index is 0.116. The van der Waals surface area contributed by atoms with Crippen LogP contribution in [0.2, 0.25) is 0 Å². The van der Waals surface area contributed by atoms with Crippen LogP contribution in [0.25, 0.3) is 0 Å². The highest BCUT2D eigenvalue weighted by Gasteiger charge is 2.31. The van der Waals surface area contributed by atoms with E-state index in [1.165, 1.54) is 4.90 Å². The van der Waals surface area contributed by atoms with Crippen molar-refractivity contribution in [1.29, 1.82) is 0 Å². The van der Waals surface area contributed by atoms with Crippen LogP contribution in [0, 0.1) is 0 Å². The molecule has 0 unspecified atom stereocenters. The summed E-state index contributed by atoms with van der Waals surface area (Å²) in [6.45, 7) is 3.21. The minimum atomic E-state index is -4.40. The Morgan fingerprint density at radius 1 is 1.04 bits per heavy atom. The summed E-state index contributed by atoms with van der Waals surface area (Å²) in [4.78, 5) is 27.2. The van der Waals surface area contributed by atoms with Gasteiger partial charge in [-0.3, -0.25) is 9.59 Å². The maximum atomic E-state index is 12.4. The molecule has 1 aliphatic rings. The number of benzene rings is 1. The number of alkyl halides is 3. The third-order valence-electron chi connectivity index (χ3n) is 3.89. The van der Waals surface area contributed by atoms with Crippen LogP contribution in [0.3, 0.4) is 0 Å². The van der Waals surface area contributed by atoms with E-state index in [-0.39, 0.29) is 30.8 Å². The topological polar surface area (TPSA) is 40.6 Å². The Morgan fingerprint density at radius 2 is 1.58 bits per heavy atom. The molecule has 8 heteroatoms. The summed E-state index contributed by atoms with van der Waals surface area (Å²) < 4.78 is 36.4. The number of nitrogens with zero attached hydrogens (tertiary/aromatic N) is 2. The van der Waals surface area contributed by atoms with Gasteiger partial charge in [0.2, 0.25) is 5.91 Å². The van der Waals surface area contributed by atoms with Crippen molar-refractivity contribution in [2.45, 2.75) is 18.9 Å². The molecule has 1 heterocycles. The average Bonchev–Trinajstić information content (AvgIpc) is 2.58. The number of carbonyl (C=O) groups excluding carboxylic acids is 2. The maximum Gasteiger partial charge on any atom is 0.442 e. The molecule has 0 aliphatic carbocycles. The minimum Gasteiger partial charge on any atom is -0.338 e. The molecule has 4 nitrogen and oxygen atoms in total. The first-order valence-electron chi connectivity index (χ1n) is 7.67. The standard InChI is InChI=1S/C16H19F3N2O2S/c1-2-12-3-5-13(6-4-12)15(23)21-9-7-20(8-10-21)14(22)11-24-16(17,18)19/h3-6H,2,7-11H2,1H3. The molecule has 132 valence electrons. The lowest BCUT2D eigenvalue weighted by Gasteiger charge is -2.34. The number of piperazine rings is 1. The van der Waals surface area contributed by atoms with Gasteiger partial charge < -0.3 is 9.80 Å². The molecule has 0 aromatic heterocycles. The first kappa shape index (κ1) is 18.6. The summed E-state index contributed by atoms with van der Waals surface area (Å²) >= 11 is -0.329.